The molecule has 0 aliphatic carbocycles. The Morgan fingerprint density at radius 1 is 1.20 bits per heavy atom. The molecule has 1 aliphatic heterocycles. The maximum Gasteiger partial charge on any atom is 0.338 e. The van der Waals surface area contributed by atoms with Crippen LogP contribution in [-0.4, -0.2) is 27.3 Å². The Bertz CT molecular complexity index is 1080. The number of rotatable bonds is 7. The number of ether oxygens (including phenoxy) is 1. The molecule has 1 unspecified atom stereocenters. The highest BCUT2D eigenvalue weighted by Gasteiger charge is 2.35. The van der Waals surface area contributed by atoms with Crippen molar-refractivity contribution in [3.05, 3.63) is 95.7 Å². The third-order valence-electron chi connectivity index (χ3n) is 4.71. The first-order valence-electron chi connectivity index (χ1n) is 9.61. The number of allylic oxidation sites excluding steroid dienone is 1. The molecule has 0 saturated heterocycles. The third-order valence-corrected chi connectivity index (χ3v) is 5.62. The monoisotopic (exact) mass is 418 g/mol. The lowest BCUT2D eigenvalue weighted by molar-refractivity contribution is -0.138. The van der Waals surface area contributed by atoms with Gasteiger partial charge in [-0.3, -0.25) is 0 Å². The van der Waals surface area contributed by atoms with Crippen molar-refractivity contribution in [3.8, 4) is 0 Å². The van der Waals surface area contributed by atoms with E-state index in [1.165, 1.54) is 5.56 Å². The normalized spacial score (nSPS) is 15.3. The van der Waals surface area contributed by atoms with Gasteiger partial charge in [0.25, 0.3) is 0 Å². The fraction of sp³-hybridized carbons (Fsp3) is 0.174. The number of nitrogens with zero attached hydrogens (tertiary/aromatic N) is 3. The van der Waals surface area contributed by atoms with Gasteiger partial charge in [-0.2, -0.15) is 4.98 Å². The van der Waals surface area contributed by atoms with Crippen LogP contribution < -0.4 is 5.32 Å². The first-order chi connectivity index (χ1) is 14.7. The van der Waals surface area contributed by atoms with E-state index in [0.717, 1.165) is 11.3 Å². The van der Waals surface area contributed by atoms with Crippen molar-refractivity contribution in [3.63, 3.8) is 0 Å². The second kappa shape index (κ2) is 9.00. The molecule has 4 rings (SSSR count). The molecule has 2 heterocycles. The van der Waals surface area contributed by atoms with Crippen LogP contribution in [-0.2, 0) is 15.3 Å². The van der Waals surface area contributed by atoms with Crippen LogP contribution in [0.3, 0.4) is 0 Å². The molecule has 0 spiro atoms. The molecule has 3 aromatic rings. The van der Waals surface area contributed by atoms with Crippen molar-refractivity contribution < 1.29 is 9.53 Å². The molecule has 2 aromatic carbocycles. The quantitative estimate of drug-likeness (QED) is 0.344. The third kappa shape index (κ3) is 4.16. The minimum absolute atomic E-state index is 0.152. The van der Waals surface area contributed by atoms with Gasteiger partial charge >= 0.3 is 5.97 Å². The van der Waals surface area contributed by atoms with E-state index in [2.05, 4.69) is 29.0 Å². The number of carbonyl (C=O) groups is 1. The van der Waals surface area contributed by atoms with E-state index in [1.807, 2.05) is 55.5 Å². The van der Waals surface area contributed by atoms with Gasteiger partial charge in [0.05, 0.1) is 5.57 Å². The second-order valence-electron chi connectivity index (χ2n) is 6.80. The van der Waals surface area contributed by atoms with Crippen LogP contribution in [0.4, 0.5) is 5.95 Å². The Kier molecular flexibility index (Phi) is 5.99. The number of esters is 1. The van der Waals surface area contributed by atoms with Crippen LogP contribution in [0.25, 0.3) is 0 Å². The number of thioether (sulfide) groups is 1. The van der Waals surface area contributed by atoms with Crippen molar-refractivity contribution in [1.82, 2.24) is 14.8 Å². The van der Waals surface area contributed by atoms with Gasteiger partial charge in [0, 0.05) is 11.4 Å². The molecule has 0 fully saturated rings. The number of anilines is 1. The summed E-state index contributed by atoms with van der Waals surface area (Å²) >= 11 is 1.56. The maximum atomic E-state index is 12.8. The van der Waals surface area contributed by atoms with Crippen LogP contribution in [0.15, 0.2) is 89.7 Å². The number of carbonyl (C=O) groups excluding carboxylic acids is 1. The molecular weight excluding hydrogens is 396 g/mol. The zero-order valence-corrected chi connectivity index (χ0v) is 17.4. The van der Waals surface area contributed by atoms with E-state index in [1.54, 1.807) is 22.5 Å². The van der Waals surface area contributed by atoms with Crippen LogP contribution in [0, 0.1) is 0 Å². The molecule has 152 valence electrons. The summed E-state index contributed by atoms with van der Waals surface area (Å²) in [7, 11) is 0. The molecule has 1 N–H and O–H groups in total. The van der Waals surface area contributed by atoms with Crippen molar-refractivity contribution in [2.24, 2.45) is 0 Å². The summed E-state index contributed by atoms with van der Waals surface area (Å²) in [5, 5.41) is 8.58. The summed E-state index contributed by atoms with van der Waals surface area (Å²) in [6, 6.07) is 19.6. The lowest BCUT2D eigenvalue weighted by Crippen LogP contribution is -2.29. The topological polar surface area (TPSA) is 69.0 Å². The van der Waals surface area contributed by atoms with Gasteiger partial charge in [-0.25, -0.2) is 9.48 Å². The summed E-state index contributed by atoms with van der Waals surface area (Å²) in [6.45, 7) is 5.63. The van der Waals surface area contributed by atoms with Gasteiger partial charge in [-0.15, -0.1) is 5.10 Å². The minimum Gasteiger partial charge on any atom is -0.458 e. The molecule has 0 amide bonds. The number of nitrogens with one attached hydrogen (secondary N) is 1. The Hall–Kier alpha value is -3.32. The number of benzene rings is 2. The molecule has 30 heavy (non-hydrogen) atoms. The molecule has 6 nitrogen and oxygen atoms in total. The lowest BCUT2D eigenvalue weighted by atomic mass is 9.96. The summed E-state index contributed by atoms with van der Waals surface area (Å²) in [5.74, 6) is 0.978. The minimum atomic E-state index is -0.418. The highest BCUT2D eigenvalue weighted by Crippen LogP contribution is 2.36. The molecule has 7 heteroatoms. The van der Waals surface area contributed by atoms with E-state index < -0.39 is 12.0 Å². The van der Waals surface area contributed by atoms with E-state index in [4.69, 9.17) is 9.84 Å². The van der Waals surface area contributed by atoms with Gasteiger partial charge in [-0.05, 0) is 18.1 Å². The van der Waals surface area contributed by atoms with E-state index in [-0.39, 0.29) is 6.61 Å². The van der Waals surface area contributed by atoms with Crippen LogP contribution in [0.2, 0.25) is 0 Å². The summed E-state index contributed by atoms with van der Waals surface area (Å²) < 4.78 is 7.12. The van der Waals surface area contributed by atoms with E-state index in [9.17, 15) is 4.79 Å². The highest BCUT2D eigenvalue weighted by molar-refractivity contribution is 7.98. The fourth-order valence-corrected chi connectivity index (χ4v) is 4.12. The van der Waals surface area contributed by atoms with E-state index in [0.29, 0.717) is 22.4 Å². The molecule has 1 aliphatic rings. The van der Waals surface area contributed by atoms with Crippen molar-refractivity contribution >= 4 is 23.7 Å². The largest absolute Gasteiger partial charge is 0.458 e. The molecular formula is C23H22N4O2S. The first-order valence-corrected chi connectivity index (χ1v) is 10.6. The number of hydrogen-bond donors (Lipinski definition) is 1. The second-order valence-corrected chi connectivity index (χ2v) is 7.74. The Morgan fingerprint density at radius 2 is 1.90 bits per heavy atom. The fourth-order valence-electron chi connectivity index (χ4n) is 3.33. The van der Waals surface area contributed by atoms with Gasteiger partial charge in [-0.1, -0.05) is 85.1 Å². The van der Waals surface area contributed by atoms with Crippen molar-refractivity contribution in [1.29, 1.82) is 0 Å². The smallest absolute Gasteiger partial charge is 0.338 e. The SMILES string of the molecule is C=CCOC(=O)C1=C(C)Nc2nc(SCc3ccccc3)nn2C1c1ccccc1. The summed E-state index contributed by atoms with van der Waals surface area (Å²) in [4.78, 5) is 17.5. The first kappa shape index (κ1) is 20.0. The number of hydrogen-bond acceptors (Lipinski definition) is 6. The molecule has 1 atom stereocenters. The van der Waals surface area contributed by atoms with Crippen molar-refractivity contribution in [2.45, 2.75) is 23.9 Å². The number of aromatic nitrogens is 3. The van der Waals surface area contributed by atoms with Crippen LogP contribution in [0.1, 0.15) is 24.1 Å². The molecule has 0 radical (unpaired) electrons. The predicted octanol–water partition coefficient (Wildman–Crippen LogP) is 4.59. The Labute approximate surface area is 179 Å². The zero-order valence-electron chi connectivity index (χ0n) is 16.6. The average molecular weight is 419 g/mol. The predicted molar refractivity (Wildman–Crippen MR) is 118 cm³/mol. The zero-order chi connectivity index (χ0) is 20.9. The average Bonchev–Trinajstić information content (AvgIpc) is 3.18. The van der Waals surface area contributed by atoms with Gasteiger partial charge < -0.3 is 10.1 Å². The summed E-state index contributed by atoms with van der Waals surface area (Å²) in [6.07, 6.45) is 1.56. The van der Waals surface area contributed by atoms with Gasteiger partial charge in [0.1, 0.15) is 12.6 Å². The standard InChI is InChI=1S/C23H22N4O2S/c1-3-14-29-21(28)19-16(2)24-22-25-23(30-15-17-10-6-4-7-11-17)26-27(22)20(19)18-12-8-5-9-13-18/h3-13,20H,1,14-15H2,2H3,(H,24,25,26). The Morgan fingerprint density at radius 3 is 2.60 bits per heavy atom. The molecule has 1 aromatic heterocycles. The Balaban J connectivity index is 1.67. The molecule has 0 saturated carbocycles. The summed E-state index contributed by atoms with van der Waals surface area (Å²) in [5.41, 5.74) is 3.36. The van der Waals surface area contributed by atoms with E-state index >= 15 is 0 Å². The lowest BCUT2D eigenvalue weighted by Gasteiger charge is -2.28. The highest BCUT2D eigenvalue weighted by atomic mass is 32.2. The number of fused-ring (bicyclic) bond motifs is 1. The van der Waals surface area contributed by atoms with Gasteiger partial charge in [0.15, 0.2) is 0 Å². The van der Waals surface area contributed by atoms with Gasteiger partial charge in [0.2, 0.25) is 11.1 Å². The van der Waals surface area contributed by atoms with Crippen LogP contribution in [0.5, 0.6) is 0 Å². The van der Waals surface area contributed by atoms with Crippen LogP contribution >= 0.6 is 11.8 Å². The maximum absolute atomic E-state index is 12.8. The molecule has 0 bridgehead atoms. The van der Waals surface area contributed by atoms with Crippen molar-refractivity contribution in [2.75, 3.05) is 11.9 Å².